The van der Waals surface area contributed by atoms with Gasteiger partial charge >= 0.3 is 6.03 Å². The number of hydrogen-bond acceptors (Lipinski definition) is 5. The highest BCUT2D eigenvalue weighted by atomic mass is 16.2. The van der Waals surface area contributed by atoms with Gasteiger partial charge in [0.15, 0.2) is 11.5 Å². The van der Waals surface area contributed by atoms with E-state index in [2.05, 4.69) is 55.2 Å². The zero-order valence-corrected chi connectivity index (χ0v) is 14.7. The van der Waals surface area contributed by atoms with Crippen molar-refractivity contribution in [1.82, 2.24) is 20.3 Å². The van der Waals surface area contributed by atoms with Crippen molar-refractivity contribution in [2.45, 2.75) is 6.92 Å². The molecule has 27 heavy (non-hydrogen) atoms. The number of nitrogens with zero attached hydrogens (tertiary/aromatic N) is 3. The van der Waals surface area contributed by atoms with Gasteiger partial charge in [-0.2, -0.15) is 0 Å². The van der Waals surface area contributed by atoms with E-state index in [0.29, 0.717) is 29.3 Å². The van der Waals surface area contributed by atoms with Crippen LogP contribution in [0.1, 0.15) is 6.92 Å². The van der Waals surface area contributed by atoms with E-state index in [1.165, 1.54) is 5.39 Å². The Kier molecular flexibility index (Phi) is 4.49. The Morgan fingerprint density at radius 3 is 2.63 bits per heavy atom. The van der Waals surface area contributed by atoms with E-state index in [4.69, 9.17) is 0 Å². The average Bonchev–Trinajstić information content (AvgIpc) is 2.68. The SMILES string of the molecule is CCNC(=O)Nc1ccc2ncc(Nc3ccc4ccccc4c3)nc2n1. The molecule has 0 spiro atoms. The molecule has 0 saturated carbocycles. The van der Waals surface area contributed by atoms with Gasteiger partial charge in [-0.05, 0) is 42.0 Å². The maximum atomic E-state index is 11.7. The van der Waals surface area contributed by atoms with E-state index >= 15 is 0 Å². The monoisotopic (exact) mass is 358 g/mol. The van der Waals surface area contributed by atoms with Crippen molar-refractivity contribution in [3.05, 3.63) is 60.8 Å². The molecule has 0 fully saturated rings. The number of rotatable bonds is 4. The van der Waals surface area contributed by atoms with Crippen molar-refractivity contribution >= 4 is 45.3 Å². The highest BCUT2D eigenvalue weighted by Gasteiger charge is 2.06. The summed E-state index contributed by atoms with van der Waals surface area (Å²) in [5, 5.41) is 10.9. The van der Waals surface area contributed by atoms with Gasteiger partial charge in [-0.1, -0.05) is 30.3 Å². The van der Waals surface area contributed by atoms with Crippen molar-refractivity contribution in [3.63, 3.8) is 0 Å². The summed E-state index contributed by atoms with van der Waals surface area (Å²) >= 11 is 0. The van der Waals surface area contributed by atoms with Gasteiger partial charge in [0.1, 0.15) is 11.3 Å². The van der Waals surface area contributed by atoms with Crippen molar-refractivity contribution in [1.29, 1.82) is 0 Å². The molecule has 4 rings (SSSR count). The zero-order valence-electron chi connectivity index (χ0n) is 14.7. The number of carbonyl (C=O) groups excluding carboxylic acids is 1. The normalized spacial score (nSPS) is 10.7. The predicted octanol–water partition coefficient (Wildman–Crippen LogP) is 4.06. The molecule has 7 heteroatoms. The van der Waals surface area contributed by atoms with Crippen LogP contribution in [0, 0.1) is 0 Å². The Labute approximate surface area is 155 Å². The second-order valence-corrected chi connectivity index (χ2v) is 5.97. The summed E-state index contributed by atoms with van der Waals surface area (Å²) in [6, 6.07) is 17.4. The molecule has 2 heterocycles. The highest BCUT2D eigenvalue weighted by Crippen LogP contribution is 2.22. The summed E-state index contributed by atoms with van der Waals surface area (Å²) in [6.07, 6.45) is 1.66. The Morgan fingerprint density at radius 2 is 1.78 bits per heavy atom. The zero-order chi connectivity index (χ0) is 18.6. The molecule has 0 bridgehead atoms. The van der Waals surface area contributed by atoms with E-state index in [9.17, 15) is 4.79 Å². The number of pyridine rings is 1. The molecule has 0 aliphatic carbocycles. The molecule has 3 N–H and O–H groups in total. The molecule has 134 valence electrons. The number of urea groups is 1. The predicted molar refractivity (Wildman–Crippen MR) is 107 cm³/mol. The first kappa shape index (κ1) is 16.7. The van der Waals surface area contributed by atoms with E-state index < -0.39 is 0 Å². The number of carbonyl (C=O) groups is 1. The highest BCUT2D eigenvalue weighted by molar-refractivity contribution is 5.89. The number of benzene rings is 2. The number of fused-ring (bicyclic) bond motifs is 2. The number of anilines is 3. The van der Waals surface area contributed by atoms with Crippen LogP contribution in [0.3, 0.4) is 0 Å². The molecule has 0 atom stereocenters. The fourth-order valence-electron chi connectivity index (χ4n) is 2.76. The summed E-state index contributed by atoms with van der Waals surface area (Å²) in [4.78, 5) is 24.9. The fourth-order valence-corrected chi connectivity index (χ4v) is 2.76. The van der Waals surface area contributed by atoms with Crippen LogP contribution in [0.5, 0.6) is 0 Å². The molecule has 7 nitrogen and oxygen atoms in total. The first-order valence-electron chi connectivity index (χ1n) is 8.66. The Balaban J connectivity index is 1.60. The molecule has 0 radical (unpaired) electrons. The first-order valence-corrected chi connectivity index (χ1v) is 8.66. The standard InChI is InChI=1S/C20H18N6O/c1-2-21-20(27)26-17-10-9-16-19(24-17)25-18(12-22-16)23-15-8-7-13-5-3-4-6-14(13)11-15/h3-12H,2H2,1H3,(H3,21,23,24,25,26,27). The third-order valence-electron chi connectivity index (χ3n) is 4.01. The summed E-state index contributed by atoms with van der Waals surface area (Å²) in [5.74, 6) is 1.01. The van der Waals surface area contributed by atoms with Crippen molar-refractivity contribution < 1.29 is 4.79 Å². The van der Waals surface area contributed by atoms with Gasteiger partial charge < -0.3 is 10.6 Å². The number of nitrogens with one attached hydrogen (secondary N) is 3. The maximum Gasteiger partial charge on any atom is 0.320 e. The van der Waals surface area contributed by atoms with Crippen LogP contribution in [0.15, 0.2) is 60.8 Å². The van der Waals surface area contributed by atoms with E-state index in [-0.39, 0.29) is 6.03 Å². The molecule has 2 aromatic heterocycles. The summed E-state index contributed by atoms with van der Waals surface area (Å²) in [6.45, 7) is 2.39. The molecule has 0 aliphatic rings. The molecule has 4 aromatic rings. The third kappa shape index (κ3) is 3.77. The minimum absolute atomic E-state index is 0.303. The van der Waals surface area contributed by atoms with Crippen LogP contribution < -0.4 is 16.0 Å². The summed E-state index contributed by atoms with van der Waals surface area (Å²) in [5.41, 5.74) is 2.02. The molecule has 2 aromatic carbocycles. The quantitative estimate of drug-likeness (QED) is 0.512. The van der Waals surface area contributed by atoms with Gasteiger partial charge in [-0.3, -0.25) is 5.32 Å². The van der Waals surface area contributed by atoms with Crippen LogP contribution in [0.4, 0.5) is 22.1 Å². The first-order chi connectivity index (χ1) is 13.2. The molecule has 2 amide bonds. The van der Waals surface area contributed by atoms with Crippen molar-refractivity contribution in [2.75, 3.05) is 17.2 Å². The van der Waals surface area contributed by atoms with Crippen LogP contribution in [-0.2, 0) is 0 Å². The van der Waals surface area contributed by atoms with Gasteiger partial charge in [0, 0.05) is 12.2 Å². The molecule has 0 saturated heterocycles. The van der Waals surface area contributed by atoms with Crippen LogP contribution >= 0.6 is 0 Å². The average molecular weight is 358 g/mol. The van der Waals surface area contributed by atoms with Crippen molar-refractivity contribution in [3.8, 4) is 0 Å². The van der Waals surface area contributed by atoms with Crippen LogP contribution in [0.2, 0.25) is 0 Å². The minimum atomic E-state index is -0.303. The lowest BCUT2D eigenvalue weighted by Crippen LogP contribution is -2.28. The molecule has 0 unspecified atom stereocenters. The Morgan fingerprint density at radius 1 is 0.963 bits per heavy atom. The topological polar surface area (TPSA) is 91.8 Å². The molecular weight excluding hydrogens is 340 g/mol. The van der Waals surface area contributed by atoms with Crippen LogP contribution in [0.25, 0.3) is 21.9 Å². The molecule has 0 aliphatic heterocycles. The summed E-state index contributed by atoms with van der Waals surface area (Å²) < 4.78 is 0. The number of hydrogen-bond donors (Lipinski definition) is 3. The van der Waals surface area contributed by atoms with Crippen molar-refractivity contribution in [2.24, 2.45) is 0 Å². The lowest BCUT2D eigenvalue weighted by molar-refractivity contribution is 0.252. The van der Waals surface area contributed by atoms with Gasteiger partial charge in [-0.15, -0.1) is 0 Å². The smallest absolute Gasteiger partial charge is 0.320 e. The summed E-state index contributed by atoms with van der Waals surface area (Å²) in [7, 11) is 0. The van der Waals surface area contributed by atoms with Crippen LogP contribution in [-0.4, -0.2) is 27.5 Å². The molecular formula is C20H18N6O. The maximum absolute atomic E-state index is 11.7. The van der Waals surface area contributed by atoms with E-state index in [0.717, 1.165) is 11.1 Å². The van der Waals surface area contributed by atoms with E-state index in [1.807, 2.05) is 25.1 Å². The second kappa shape index (κ2) is 7.25. The largest absolute Gasteiger partial charge is 0.339 e. The number of aromatic nitrogens is 3. The van der Waals surface area contributed by atoms with Gasteiger partial charge in [0.2, 0.25) is 0 Å². The Bertz CT molecular complexity index is 1130. The lowest BCUT2D eigenvalue weighted by atomic mass is 10.1. The van der Waals surface area contributed by atoms with Gasteiger partial charge in [-0.25, -0.2) is 19.7 Å². The number of amides is 2. The Hall–Kier alpha value is -3.74. The van der Waals surface area contributed by atoms with Gasteiger partial charge in [0.05, 0.1) is 6.20 Å². The van der Waals surface area contributed by atoms with Gasteiger partial charge in [0.25, 0.3) is 0 Å². The fraction of sp³-hybridized carbons (Fsp3) is 0.100. The van der Waals surface area contributed by atoms with E-state index in [1.54, 1.807) is 18.3 Å². The third-order valence-corrected chi connectivity index (χ3v) is 4.01. The second-order valence-electron chi connectivity index (χ2n) is 5.97. The minimum Gasteiger partial charge on any atom is -0.339 e. The lowest BCUT2D eigenvalue weighted by Gasteiger charge is -2.08.